The van der Waals surface area contributed by atoms with Gasteiger partial charge in [-0.1, -0.05) is 0 Å². The van der Waals surface area contributed by atoms with Gasteiger partial charge in [0.05, 0.1) is 19.3 Å². The van der Waals surface area contributed by atoms with Crippen LogP contribution >= 0.6 is 11.3 Å². The number of nitrogens with zero attached hydrogens (tertiary/aromatic N) is 2. The van der Waals surface area contributed by atoms with E-state index in [1.165, 1.54) is 9.75 Å². The lowest BCUT2D eigenvalue weighted by atomic mass is 10.2. The largest absolute Gasteiger partial charge is 0.394 e. The molecule has 0 aliphatic carbocycles. The van der Waals surface area contributed by atoms with Crippen molar-refractivity contribution in [3.05, 3.63) is 39.8 Å². The third-order valence-corrected chi connectivity index (χ3v) is 4.00. The molecule has 2 heterocycles. The number of aryl methyl sites for hydroxylation is 1. The van der Waals surface area contributed by atoms with Crippen molar-refractivity contribution in [2.45, 2.75) is 33.0 Å². The Morgan fingerprint density at radius 3 is 3.00 bits per heavy atom. The van der Waals surface area contributed by atoms with Crippen LogP contribution < -0.4 is 5.32 Å². The molecule has 18 heavy (non-hydrogen) atoms. The van der Waals surface area contributed by atoms with E-state index in [0.717, 1.165) is 12.1 Å². The number of aromatic nitrogens is 2. The summed E-state index contributed by atoms with van der Waals surface area (Å²) in [4.78, 5) is 2.70. The van der Waals surface area contributed by atoms with E-state index < -0.39 is 0 Å². The van der Waals surface area contributed by atoms with E-state index in [4.69, 9.17) is 5.11 Å². The van der Waals surface area contributed by atoms with Crippen molar-refractivity contribution in [1.29, 1.82) is 0 Å². The Morgan fingerprint density at radius 1 is 1.50 bits per heavy atom. The number of hydrogen-bond acceptors (Lipinski definition) is 4. The second-order valence-electron chi connectivity index (χ2n) is 4.39. The van der Waals surface area contributed by atoms with Crippen LogP contribution in [0.5, 0.6) is 0 Å². The first-order valence-corrected chi connectivity index (χ1v) is 6.92. The van der Waals surface area contributed by atoms with Crippen LogP contribution in [0.25, 0.3) is 0 Å². The first kappa shape index (κ1) is 13.3. The van der Waals surface area contributed by atoms with Crippen molar-refractivity contribution in [2.75, 3.05) is 6.61 Å². The highest BCUT2D eigenvalue weighted by molar-refractivity contribution is 7.12. The molecule has 0 aliphatic heterocycles. The van der Waals surface area contributed by atoms with E-state index in [0.29, 0.717) is 12.6 Å². The molecule has 1 unspecified atom stereocenters. The highest BCUT2D eigenvalue weighted by atomic mass is 32.1. The molecule has 1 atom stereocenters. The second-order valence-corrected chi connectivity index (χ2v) is 5.71. The highest BCUT2D eigenvalue weighted by Gasteiger charge is 2.07. The van der Waals surface area contributed by atoms with Crippen molar-refractivity contribution in [2.24, 2.45) is 0 Å². The molecular weight excluding hydrogens is 246 g/mol. The van der Waals surface area contributed by atoms with Crippen LogP contribution in [0.4, 0.5) is 0 Å². The Bertz CT molecular complexity index is 492. The molecule has 5 heteroatoms. The van der Waals surface area contributed by atoms with Crippen molar-refractivity contribution in [1.82, 2.24) is 15.1 Å². The van der Waals surface area contributed by atoms with Crippen LogP contribution in [0.15, 0.2) is 24.5 Å². The Balaban J connectivity index is 1.86. The number of aliphatic hydroxyl groups is 1. The fourth-order valence-electron chi connectivity index (χ4n) is 1.78. The molecule has 0 aliphatic rings. The molecule has 0 saturated carbocycles. The van der Waals surface area contributed by atoms with Gasteiger partial charge in [-0.3, -0.25) is 4.68 Å². The van der Waals surface area contributed by atoms with Crippen LogP contribution in [-0.2, 0) is 13.1 Å². The van der Waals surface area contributed by atoms with Crippen LogP contribution in [-0.4, -0.2) is 21.5 Å². The molecular formula is C13H19N3OS. The molecule has 0 saturated heterocycles. The number of rotatable bonds is 6. The summed E-state index contributed by atoms with van der Waals surface area (Å²) in [6, 6.07) is 4.68. The van der Waals surface area contributed by atoms with Gasteiger partial charge in [-0.2, -0.15) is 5.10 Å². The summed E-state index contributed by atoms with van der Waals surface area (Å²) in [7, 11) is 0. The fourth-order valence-corrected chi connectivity index (χ4v) is 2.68. The molecule has 0 radical (unpaired) electrons. The summed E-state index contributed by atoms with van der Waals surface area (Å²) in [6.07, 6.45) is 3.81. The molecule has 2 aromatic rings. The molecule has 98 valence electrons. The quantitative estimate of drug-likeness (QED) is 0.841. The first-order chi connectivity index (χ1) is 8.69. The van der Waals surface area contributed by atoms with Gasteiger partial charge in [0.15, 0.2) is 0 Å². The zero-order valence-electron chi connectivity index (χ0n) is 10.8. The molecule has 2 aromatic heterocycles. The minimum atomic E-state index is 0.124. The molecule has 0 amide bonds. The van der Waals surface area contributed by atoms with E-state index >= 15 is 0 Å². The summed E-state index contributed by atoms with van der Waals surface area (Å²) in [6.45, 7) is 5.77. The van der Waals surface area contributed by atoms with Crippen LogP contribution in [0.2, 0.25) is 0 Å². The van der Waals surface area contributed by atoms with E-state index in [9.17, 15) is 0 Å². The van der Waals surface area contributed by atoms with Crippen molar-refractivity contribution in [3.63, 3.8) is 0 Å². The molecule has 0 aromatic carbocycles. The average molecular weight is 265 g/mol. The Kier molecular flexibility index (Phi) is 4.52. The van der Waals surface area contributed by atoms with Gasteiger partial charge in [0.2, 0.25) is 0 Å². The van der Waals surface area contributed by atoms with Gasteiger partial charge in [0.1, 0.15) is 0 Å². The van der Waals surface area contributed by atoms with Gasteiger partial charge >= 0.3 is 0 Å². The van der Waals surface area contributed by atoms with E-state index in [1.807, 2.05) is 23.7 Å². The number of aliphatic hydroxyl groups excluding tert-OH is 1. The van der Waals surface area contributed by atoms with Crippen molar-refractivity contribution >= 4 is 11.3 Å². The zero-order chi connectivity index (χ0) is 13.0. The first-order valence-electron chi connectivity index (χ1n) is 6.11. The van der Waals surface area contributed by atoms with Crippen LogP contribution in [0.1, 0.15) is 28.3 Å². The predicted octanol–water partition coefficient (Wildman–Crippen LogP) is 2.10. The summed E-state index contributed by atoms with van der Waals surface area (Å²) >= 11 is 1.83. The van der Waals surface area contributed by atoms with Gasteiger partial charge in [-0.15, -0.1) is 11.3 Å². The minimum Gasteiger partial charge on any atom is -0.394 e. The zero-order valence-corrected chi connectivity index (χ0v) is 11.6. The van der Waals surface area contributed by atoms with Gasteiger partial charge < -0.3 is 10.4 Å². The molecule has 2 rings (SSSR count). The lowest BCUT2D eigenvalue weighted by molar-refractivity contribution is 0.269. The second kappa shape index (κ2) is 6.13. The Labute approximate surface area is 111 Å². The smallest absolute Gasteiger partial charge is 0.0640 e. The number of hydrogen-bond donors (Lipinski definition) is 2. The monoisotopic (exact) mass is 265 g/mol. The maximum absolute atomic E-state index is 8.82. The maximum atomic E-state index is 8.82. The lowest BCUT2D eigenvalue weighted by Gasteiger charge is -2.10. The lowest BCUT2D eigenvalue weighted by Crippen LogP contribution is -2.16. The van der Waals surface area contributed by atoms with Gasteiger partial charge in [0.25, 0.3) is 0 Å². The number of nitrogens with one attached hydrogen (secondary N) is 1. The summed E-state index contributed by atoms with van der Waals surface area (Å²) in [5.74, 6) is 0. The van der Waals surface area contributed by atoms with Gasteiger partial charge in [-0.25, -0.2) is 0 Å². The molecule has 0 fully saturated rings. The van der Waals surface area contributed by atoms with E-state index in [-0.39, 0.29) is 6.61 Å². The van der Waals surface area contributed by atoms with Crippen molar-refractivity contribution < 1.29 is 5.11 Å². The molecule has 4 nitrogen and oxygen atoms in total. The number of thiophene rings is 1. The summed E-state index contributed by atoms with van der Waals surface area (Å²) < 4.78 is 1.76. The topological polar surface area (TPSA) is 50.1 Å². The highest BCUT2D eigenvalue weighted by Crippen LogP contribution is 2.22. The van der Waals surface area contributed by atoms with E-state index in [2.05, 4.69) is 36.4 Å². The standard InChI is InChI=1S/C13H19N3OS/c1-10-3-4-13(18-10)11(2)14-7-12-8-15-16(9-12)5-6-17/h3-4,8-9,11,14,17H,5-7H2,1-2H3. The third-order valence-electron chi connectivity index (χ3n) is 2.82. The van der Waals surface area contributed by atoms with E-state index in [1.54, 1.807) is 4.68 Å². The Hall–Kier alpha value is -1.17. The van der Waals surface area contributed by atoms with Crippen LogP contribution in [0, 0.1) is 6.92 Å². The van der Waals surface area contributed by atoms with Crippen molar-refractivity contribution in [3.8, 4) is 0 Å². The molecule has 2 N–H and O–H groups in total. The minimum absolute atomic E-state index is 0.124. The van der Waals surface area contributed by atoms with Gasteiger partial charge in [-0.05, 0) is 26.0 Å². The maximum Gasteiger partial charge on any atom is 0.0640 e. The average Bonchev–Trinajstić information content (AvgIpc) is 2.96. The predicted molar refractivity (Wildman–Crippen MR) is 73.6 cm³/mol. The fraction of sp³-hybridized carbons (Fsp3) is 0.462. The third kappa shape index (κ3) is 3.41. The normalized spacial score (nSPS) is 12.8. The summed E-state index contributed by atoms with van der Waals surface area (Å²) in [5, 5.41) is 16.5. The molecule has 0 bridgehead atoms. The van der Waals surface area contributed by atoms with Crippen LogP contribution in [0.3, 0.4) is 0 Å². The summed E-state index contributed by atoms with van der Waals surface area (Å²) in [5.41, 5.74) is 1.14. The van der Waals surface area contributed by atoms with Gasteiger partial charge in [0, 0.05) is 34.1 Å². The SMILES string of the molecule is Cc1ccc(C(C)NCc2cnn(CCO)c2)s1. The molecule has 0 spiro atoms. The Morgan fingerprint density at radius 2 is 2.33 bits per heavy atom.